The number of fused-ring (bicyclic) bond motifs is 4. The van der Waals surface area contributed by atoms with Crippen LogP contribution in [0, 0.1) is 0 Å². The van der Waals surface area contributed by atoms with Gasteiger partial charge >= 0.3 is 0 Å². The third-order valence-corrected chi connectivity index (χ3v) is 6.61. The second-order valence-electron chi connectivity index (χ2n) is 8.66. The third-order valence-electron chi connectivity index (χ3n) is 6.61. The first-order valence-electron chi connectivity index (χ1n) is 11.2. The molecule has 4 aromatic carbocycles. The molecule has 0 saturated heterocycles. The molecule has 0 atom stereocenters. The molecule has 0 N–H and O–H groups in total. The number of ketones is 2. The van der Waals surface area contributed by atoms with Crippen LogP contribution >= 0.6 is 0 Å². The average molecular weight is 455 g/mol. The van der Waals surface area contributed by atoms with E-state index in [0.717, 1.165) is 32.9 Å². The van der Waals surface area contributed by atoms with Gasteiger partial charge in [-0.2, -0.15) is 9.97 Å². The number of hydrogen-bond acceptors (Lipinski definition) is 5. The monoisotopic (exact) mass is 455 g/mol. The molecule has 2 aromatic heterocycles. The summed E-state index contributed by atoms with van der Waals surface area (Å²) < 4.78 is 7.74. The van der Waals surface area contributed by atoms with Crippen LogP contribution < -0.4 is 0 Å². The van der Waals surface area contributed by atoms with E-state index in [-0.39, 0.29) is 23.0 Å². The number of carbonyl (C=O) groups is 2. The quantitative estimate of drug-likeness (QED) is 0.236. The maximum Gasteiger partial charge on any atom is 0.267 e. The molecule has 0 unspecified atom stereocenters. The van der Waals surface area contributed by atoms with Gasteiger partial charge < -0.3 is 8.98 Å². The van der Waals surface area contributed by atoms with Gasteiger partial charge in [0.15, 0.2) is 11.6 Å². The summed E-state index contributed by atoms with van der Waals surface area (Å²) in [6.45, 7) is 0. The SMILES string of the molecule is Cn1c(-c2cccc3ccccc23)nc2oc(C=C3C(=O)c4cc5ccccc5cc4C3=O)nc21. The predicted molar refractivity (Wildman–Crippen MR) is 134 cm³/mol. The lowest BCUT2D eigenvalue weighted by Crippen LogP contribution is -2.00. The number of oxazole rings is 1. The zero-order valence-corrected chi connectivity index (χ0v) is 18.6. The van der Waals surface area contributed by atoms with Crippen molar-refractivity contribution in [3.63, 3.8) is 0 Å². The summed E-state index contributed by atoms with van der Waals surface area (Å²) in [5.74, 6) is 0.274. The number of carbonyl (C=O) groups excluding carboxylic acids is 2. The average Bonchev–Trinajstić information content (AvgIpc) is 3.50. The fourth-order valence-corrected chi connectivity index (χ4v) is 4.87. The highest BCUT2D eigenvalue weighted by Gasteiger charge is 2.34. The molecule has 0 aliphatic heterocycles. The summed E-state index contributed by atoms with van der Waals surface area (Å²) in [5.41, 5.74) is 2.74. The van der Waals surface area contributed by atoms with Gasteiger partial charge in [0.1, 0.15) is 5.82 Å². The summed E-state index contributed by atoms with van der Waals surface area (Å²) in [6, 6.07) is 25.4. The van der Waals surface area contributed by atoms with Crippen LogP contribution in [-0.4, -0.2) is 26.1 Å². The fraction of sp³-hybridized carbons (Fsp3) is 0.0345. The Bertz CT molecular complexity index is 1840. The van der Waals surface area contributed by atoms with Gasteiger partial charge in [-0.1, -0.05) is 66.7 Å². The maximum absolute atomic E-state index is 13.1. The fourth-order valence-electron chi connectivity index (χ4n) is 4.87. The van der Waals surface area contributed by atoms with E-state index in [9.17, 15) is 9.59 Å². The number of aromatic nitrogens is 3. The molecule has 0 spiro atoms. The van der Waals surface area contributed by atoms with Crippen molar-refractivity contribution in [1.29, 1.82) is 0 Å². The molecule has 0 amide bonds. The van der Waals surface area contributed by atoms with E-state index >= 15 is 0 Å². The summed E-state index contributed by atoms with van der Waals surface area (Å²) in [5, 5.41) is 4.04. The van der Waals surface area contributed by atoms with Gasteiger partial charge in [0.2, 0.25) is 11.5 Å². The number of nitrogens with zero attached hydrogens (tertiary/aromatic N) is 3. The molecule has 0 saturated carbocycles. The molecule has 6 aromatic rings. The minimum Gasteiger partial charge on any atom is -0.417 e. The minimum atomic E-state index is -0.317. The van der Waals surface area contributed by atoms with Crippen LogP contribution in [0.3, 0.4) is 0 Å². The first-order valence-corrected chi connectivity index (χ1v) is 11.2. The first kappa shape index (κ1) is 19.6. The number of Topliss-reactive ketones (excluding diaryl/α,β-unsaturated/α-hetero) is 2. The number of imidazole rings is 1. The van der Waals surface area contributed by atoms with Crippen molar-refractivity contribution in [3.05, 3.63) is 101 Å². The Hall–Kier alpha value is -4.84. The van der Waals surface area contributed by atoms with Crippen molar-refractivity contribution >= 4 is 50.5 Å². The highest BCUT2D eigenvalue weighted by Crippen LogP contribution is 2.33. The van der Waals surface area contributed by atoms with Crippen LogP contribution in [0.1, 0.15) is 26.6 Å². The Kier molecular flexibility index (Phi) is 3.97. The van der Waals surface area contributed by atoms with Crippen LogP contribution in [0.2, 0.25) is 0 Å². The molecule has 166 valence electrons. The van der Waals surface area contributed by atoms with Crippen molar-refractivity contribution in [2.75, 3.05) is 0 Å². The number of allylic oxidation sites excluding steroid dienone is 1. The van der Waals surface area contributed by atoms with Gasteiger partial charge in [-0.05, 0) is 33.7 Å². The second-order valence-corrected chi connectivity index (χ2v) is 8.66. The number of hydrogen-bond donors (Lipinski definition) is 0. The minimum absolute atomic E-state index is 0.0520. The van der Waals surface area contributed by atoms with Crippen molar-refractivity contribution in [2.45, 2.75) is 0 Å². The van der Waals surface area contributed by atoms with Gasteiger partial charge in [0.05, 0.1) is 5.57 Å². The van der Waals surface area contributed by atoms with Gasteiger partial charge in [-0.25, -0.2) is 0 Å². The van der Waals surface area contributed by atoms with Crippen molar-refractivity contribution in [2.24, 2.45) is 7.05 Å². The zero-order chi connectivity index (χ0) is 23.7. The van der Waals surface area contributed by atoms with Crippen LogP contribution in [0.4, 0.5) is 0 Å². The highest BCUT2D eigenvalue weighted by molar-refractivity contribution is 6.42. The molecule has 7 rings (SSSR count). The summed E-state index contributed by atoms with van der Waals surface area (Å²) in [7, 11) is 1.87. The van der Waals surface area contributed by atoms with Gasteiger partial charge in [-0.3, -0.25) is 9.59 Å². The van der Waals surface area contributed by atoms with Gasteiger partial charge in [-0.15, -0.1) is 0 Å². The number of rotatable bonds is 2. The number of benzene rings is 4. The lowest BCUT2D eigenvalue weighted by atomic mass is 10.0. The lowest BCUT2D eigenvalue weighted by Gasteiger charge is -2.06. The zero-order valence-electron chi connectivity index (χ0n) is 18.6. The summed E-state index contributed by atoms with van der Waals surface area (Å²) in [6.07, 6.45) is 1.43. The maximum atomic E-state index is 13.1. The Balaban J connectivity index is 1.31. The normalized spacial score (nSPS) is 13.3. The van der Waals surface area contributed by atoms with Crippen LogP contribution in [-0.2, 0) is 7.05 Å². The van der Waals surface area contributed by atoms with Crippen molar-refractivity contribution in [1.82, 2.24) is 14.5 Å². The Morgan fingerprint density at radius 1 is 0.743 bits per heavy atom. The summed E-state index contributed by atoms with van der Waals surface area (Å²) >= 11 is 0. The molecule has 0 radical (unpaired) electrons. The highest BCUT2D eigenvalue weighted by atomic mass is 16.4. The second kappa shape index (κ2) is 7.08. The van der Waals surface area contributed by atoms with E-state index in [1.165, 1.54) is 6.08 Å². The molecule has 6 heteroatoms. The Morgan fingerprint density at radius 3 is 2.06 bits per heavy atom. The van der Waals surface area contributed by atoms with E-state index in [2.05, 4.69) is 28.2 Å². The van der Waals surface area contributed by atoms with Crippen molar-refractivity contribution in [3.8, 4) is 11.4 Å². The Morgan fingerprint density at radius 2 is 1.37 bits per heavy atom. The van der Waals surface area contributed by atoms with E-state index in [1.807, 2.05) is 60.1 Å². The summed E-state index contributed by atoms with van der Waals surface area (Å²) in [4.78, 5) is 35.3. The molecule has 35 heavy (non-hydrogen) atoms. The standard InChI is InChI=1S/C29H17N3O3/c1-32-27(20-12-6-10-16-7-4-5-11-19(16)20)31-29-28(32)30-24(35-29)15-23-25(33)21-13-17-8-2-3-9-18(17)14-22(21)26(23)34/h2-15H,1H3. The van der Waals surface area contributed by atoms with Gasteiger partial charge in [0.25, 0.3) is 5.71 Å². The third kappa shape index (κ3) is 2.83. The van der Waals surface area contributed by atoms with E-state index in [1.54, 1.807) is 12.1 Å². The Labute approximate surface area is 199 Å². The molecular weight excluding hydrogens is 438 g/mol. The van der Waals surface area contributed by atoms with Crippen LogP contribution in [0.25, 0.3) is 50.4 Å². The molecule has 1 aliphatic rings. The smallest absolute Gasteiger partial charge is 0.267 e. The lowest BCUT2D eigenvalue weighted by molar-refractivity contribution is 0.0990. The van der Waals surface area contributed by atoms with E-state index in [0.29, 0.717) is 22.5 Å². The van der Waals surface area contributed by atoms with Gasteiger partial charge in [0, 0.05) is 29.8 Å². The molecule has 6 nitrogen and oxygen atoms in total. The molecule has 0 bridgehead atoms. The molecular formula is C29H17N3O3. The largest absolute Gasteiger partial charge is 0.417 e. The molecule has 0 fully saturated rings. The van der Waals surface area contributed by atoms with E-state index < -0.39 is 0 Å². The van der Waals surface area contributed by atoms with Crippen LogP contribution in [0.15, 0.2) is 88.9 Å². The van der Waals surface area contributed by atoms with Crippen molar-refractivity contribution < 1.29 is 14.0 Å². The molecule has 1 aliphatic carbocycles. The van der Waals surface area contributed by atoms with E-state index in [4.69, 9.17) is 4.42 Å². The topological polar surface area (TPSA) is 78.0 Å². The first-order chi connectivity index (χ1) is 17.1. The predicted octanol–water partition coefficient (Wildman–Crippen LogP) is 6.00. The van der Waals surface area contributed by atoms with Crippen LogP contribution in [0.5, 0.6) is 0 Å². The number of aryl methyl sites for hydroxylation is 1. The molecule has 2 heterocycles.